The van der Waals surface area contributed by atoms with Crippen LogP contribution in [0.2, 0.25) is 0 Å². The lowest BCUT2D eigenvalue weighted by Gasteiger charge is -2.10. The first-order chi connectivity index (χ1) is 23.2. The molecule has 0 atom stereocenters. The molecule has 0 bridgehead atoms. The van der Waals surface area contributed by atoms with E-state index in [9.17, 15) is 4.79 Å². The lowest BCUT2D eigenvalue weighted by molar-refractivity contribution is 0.968. The minimum Gasteiger partial charge on any atom is -0.299 e. The third-order valence-corrected chi connectivity index (χ3v) is 9.68. The van der Waals surface area contributed by atoms with E-state index in [1.165, 1.54) is 22.5 Å². The highest BCUT2D eigenvalue weighted by Gasteiger charge is 2.23. The van der Waals surface area contributed by atoms with Gasteiger partial charge in [-0.1, -0.05) is 145 Å². The molecule has 0 N–H and O–H groups in total. The van der Waals surface area contributed by atoms with Crippen LogP contribution in [0.3, 0.4) is 0 Å². The second-order valence-corrected chi connectivity index (χ2v) is 12.4. The van der Waals surface area contributed by atoms with E-state index in [0.29, 0.717) is 10.8 Å². The molecule has 6 aromatic carbocycles. The molecule has 0 saturated heterocycles. The molecule has 3 aromatic heterocycles. The van der Waals surface area contributed by atoms with Gasteiger partial charge in [-0.05, 0) is 46.5 Å². The van der Waals surface area contributed by atoms with Crippen LogP contribution in [0.25, 0.3) is 76.7 Å². The summed E-state index contributed by atoms with van der Waals surface area (Å²) in [5, 5.41) is 3.20. The highest BCUT2D eigenvalue weighted by atomic mass is 32.1. The highest BCUT2D eigenvalue weighted by molar-refractivity contribution is 7.20. The summed E-state index contributed by atoms with van der Waals surface area (Å²) in [6, 6.07) is 54.0. The van der Waals surface area contributed by atoms with Gasteiger partial charge in [-0.15, -0.1) is 0 Å². The molecule has 0 amide bonds. The van der Waals surface area contributed by atoms with E-state index in [1.807, 2.05) is 66.7 Å². The predicted octanol–water partition coefficient (Wildman–Crippen LogP) is 9.92. The minimum absolute atomic E-state index is 0.350. The molecule has 222 valence electrons. The molecule has 0 fully saturated rings. The van der Waals surface area contributed by atoms with Crippen LogP contribution in [0.5, 0.6) is 0 Å². The van der Waals surface area contributed by atoms with Gasteiger partial charge in [0.25, 0.3) is 0 Å². The Kier molecular flexibility index (Phi) is 6.40. The molecular formula is C41H26N4OS. The SMILES string of the molecule is O=c1nc(-c2ccccc2)nc2sc(-n3c4ccccc4c4cc(-c5cccc(-c6ccccc6)c5)ccc43)c(-c3ccccc3)n12. The molecule has 9 rings (SSSR count). The Morgan fingerprint density at radius 2 is 1.04 bits per heavy atom. The van der Waals surface area contributed by atoms with Crippen molar-refractivity contribution in [2.45, 2.75) is 0 Å². The molecule has 0 unspecified atom stereocenters. The van der Waals surface area contributed by atoms with Crippen LogP contribution in [-0.4, -0.2) is 18.9 Å². The van der Waals surface area contributed by atoms with Gasteiger partial charge >= 0.3 is 5.69 Å². The number of aromatic nitrogens is 4. The van der Waals surface area contributed by atoms with Crippen LogP contribution in [0.4, 0.5) is 0 Å². The topological polar surface area (TPSA) is 52.2 Å². The molecule has 5 nitrogen and oxygen atoms in total. The zero-order valence-corrected chi connectivity index (χ0v) is 25.9. The van der Waals surface area contributed by atoms with Gasteiger partial charge in [-0.2, -0.15) is 9.97 Å². The number of nitrogens with zero attached hydrogens (tertiary/aromatic N) is 4. The Morgan fingerprint density at radius 1 is 0.468 bits per heavy atom. The second kappa shape index (κ2) is 11.1. The standard InChI is InChI=1S/C41H26N4OS/c46-40-42-38(29-17-8-3-9-18-29)43-41-45(40)37(28-15-6-2-7-16-28)39(47-41)44-35-22-11-10-21-33(35)34-26-32(23-24-36(34)44)31-20-12-19-30(25-31)27-13-4-1-5-14-27/h1-26H. The highest BCUT2D eigenvalue weighted by Crippen LogP contribution is 2.41. The molecule has 6 heteroatoms. The van der Waals surface area contributed by atoms with E-state index in [1.54, 1.807) is 4.40 Å². The number of hydrogen-bond donors (Lipinski definition) is 0. The first-order valence-electron chi connectivity index (χ1n) is 15.5. The predicted molar refractivity (Wildman–Crippen MR) is 193 cm³/mol. The van der Waals surface area contributed by atoms with Gasteiger partial charge in [0.2, 0.25) is 4.96 Å². The summed E-state index contributed by atoms with van der Waals surface area (Å²) in [6.07, 6.45) is 0. The summed E-state index contributed by atoms with van der Waals surface area (Å²) in [4.78, 5) is 23.8. The summed E-state index contributed by atoms with van der Waals surface area (Å²) in [5.41, 5.74) is 8.96. The molecule has 0 radical (unpaired) electrons. The van der Waals surface area contributed by atoms with Crippen LogP contribution in [-0.2, 0) is 0 Å². The molecule has 0 aliphatic rings. The zero-order valence-electron chi connectivity index (χ0n) is 25.1. The summed E-state index contributed by atoms with van der Waals surface area (Å²) < 4.78 is 3.93. The largest absolute Gasteiger partial charge is 0.356 e. The van der Waals surface area contributed by atoms with Crippen LogP contribution < -0.4 is 5.69 Å². The first-order valence-corrected chi connectivity index (χ1v) is 16.3. The minimum atomic E-state index is -0.350. The molecule has 0 spiro atoms. The second-order valence-electron chi connectivity index (χ2n) is 11.5. The van der Waals surface area contributed by atoms with Gasteiger partial charge in [-0.3, -0.25) is 4.57 Å². The van der Waals surface area contributed by atoms with Crippen molar-refractivity contribution in [1.82, 2.24) is 18.9 Å². The molecule has 9 aromatic rings. The van der Waals surface area contributed by atoms with Gasteiger partial charge in [0.15, 0.2) is 5.82 Å². The molecule has 47 heavy (non-hydrogen) atoms. The van der Waals surface area contributed by atoms with Gasteiger partial charge in [0, 0.05) is 21.9 Å². The van der Waals surface area contributed by atoms with E-state index in [4.69, 9.17) is 4.98 Å². The molecular weight excluding hydrogens is 597 g/mol. The number of fused-ring (bicyclic) bond motifs is 4. The van der Waals surface area contributed by atoms with Crippen LogP contribution in [0, 0.1) is 0 Å². The van der Waals surface area contributed by atoms with Gasteiger partial charge in [0.05, 0.1) is 16.7 Å². The van der Waals surface area contributed by atoms with Gasteiger partial charge in [0.1, 0.15) is 5.00 Å². The third kappa shape index (κ3) is 4.57. The van der Waals surface area contributed by atoms with E-state index < -0.39 is 0 Å². The maximum atomic E-state index is 13.8. The number of hydrogen-bond acceptors (Lipinski definition) is 4. The maximum absolute atomic E-state index is 13.8. The van der Waals surface area contributed by atoms with Crippen LogP contribution in [0.1, 0.15) is 0 Å². The zero-order chi connectivity index (χ0) is 31.3. The quantitative estimate of drug-likeness (QED) is 0.192. The molecule has 0 aliphatic heterocycles. The summed E-state index contributed by atoms with van der Waals surface area (Å²) >= 11 is 1.50. The molecule has 0 saturated carbocycles. The van der Waals surface area contributed by atoms with E-state index >= 15 is 0 Å². The van der Waals surface area contributed by atoms with Crippen LogP contribution in [0.15, 0.2) is 163 Å². The number of rotatable bonds is 5. The monoisotopic (exact) mass is 622 g/mol. The van der Waals surface area contributed by atoms with Crippen molar-refractivity contribution < 1.29 is 0 Å². The summed E-state index contributed by atoms with van der Waals surface area (Å²) in [7, 11) is 0. The van der Waals surface area contributed by atoms with Crippen molar-refractivity contribution in [2.75, 3.05) is 0 Å². The Labute approximate surface area is 274 Å². The fourth-order valence-corrected chi connectivity index (χ4v) is 7.63. The summed E-state index contributed by atoms with van der Waals surface area (Å²) in [6.45, 7) is 0. The lowest BCUT2D eigenvalue weighted by atomic mass is 9.98. The van der Waals surface area contributed by atoms with Gasteiger partial charge < -0.3 is 0 Å². The van der Waals surface area contributed by atoms with Crippen molar-refractivity contribution in [1.29, 1.82) is 0 Å². The molecule has 3 heterocycles. The van der Waals surface area contributed by atoms with E-state index in [2.05, 4.69) is 101 Å². The van der Waals surface area contributed by atoms with Gasteiger partial charge in [-0.25, -0.2) is 9.20 Å². The third-order valence-electron chi connectivity index (χ3n) is 8.66. The number of thiazole rings is 1. The Bertz CT molecular complexity index is 2640. The van der Waals surface area contributed by atoms with Crippen molar-refractivity contribution in [3.8, 4) is 49.9 Å². The average Bonchev–Trinajstić information content (AvgIpc) is 3.68. The van der Waals surface area contributed by atoms with Crippen molar-refractivity contribution in [3.05, 3.63) is 168 Å². The number of para-hydroxylation sites is 1. The Morgan fingerprint density at radius 3 is 1.79 bits per heavy atom. The van der Waals surface area contributed by atoms with Crippen molar-refractivity contribution >= 4 is 38.1 Å². The molecule has 0 aliphatic carbocycles. The van der Waals surface area contributed by atoms with E-state index in [-0.39, 0.29) is 5.69 Å². The Balaban J connectivity index is 1.30. The number of benzene rings is 6. The first kappa shape index (κ1) is 27.2. The fraction of sp³-hybridized carbons (Fsp3) is 0. The van der Waals surface area contributed by atoms with Crippen molar-refractivity contribution in [3.63, 3.8) is 0 Å². The fourth-order valence-electron chi connectivity index (χ4n) is 6.47. The normalized spacial score (nSPS) is 11.5. The smallest absolute Gasteiger partial charge is 0.299 e. The lowest BCUT2D eigenvalue weighted by Crippen LogP contribution is -2.19. The summed E-state index contributed by atoms with van der Waals surface area (Å²) in [5.74, 6) is 0.424. The average molecular weight is 623 g/mol. The Hall–Kier alpha value is -6.11. The maximum Gasteiger partial charge on any atom is 0.356 e. The van der Waals surface area contributed by atoms with E-state index in [0.717, 1.165) is 54.8 Å². The van der Waals surface area contributed by atoms with Crippen molar-refractivity contribution in [2.24, 2.45) is 0 Å². The van der Waals surface area contributed by atoms with Crippen LogP contribution >= 0.6 is 11.3 Å².